The summed E-state index contributed by atoms with van der Waals surface area (Å²) in [5, 5.41) is 4.13. The van der Waals surface area contributed by atoms with Crippen molar-refractivity contribution in [2.75, 3.05) is 0 Å². The largest absolute Gasteiger partial charge is 0.335 e. The van der Waals surface area contributed by atoms with Crippen LogP contribution in [0.4, 0.5) is 8.78 Å². The quantitative estimate of drug-likeness (QED) is 0.549. The molecule has 138 valence electrons. The molecule has 0 spiro atoms. The standard InChI is InChI=1S/C19H18F2N6/c1-11-9-22-12(2)18-24-17(25-27(11)18)15(20)16(21)19-23-14(10-26(19)3)13-7-5-4-6-8-13/h4-10,15-16H,1-3H3. The van der Waals surface area contributed by atoms with Gasteiger partial charge in [0.25, 0.3) is 0 Å². The molecule has 0 aliphatic heterocycles. The molecule has 0 saturated heterocycles. The summed E-state index contributed by atoms with van der Waals surface area (Å²) >= 11 is 0. The Balaban J connectivity index is 1.69. The van der Waals surface area contributed by atoms with Gasteiger partial charge in [0, 0.05) is 25.0 Å². The summed E-state index contributed by atoms with van der Waals surface area (Å²) in [7, 11) is 1.64. The maximum atomic E-state index is 15.0. The van der Waals surface area contributed by atoms with E-state index >= 15 is 0 Å². The van der Waals surface area contributed by atoms with Gasteiger partial charge in [-0.3, -0.25) is 4.98 Å². The van der Waals surface area contributed by atoms with Gasteiger partial charge in [-0.15, -0.1) is 5.10 Å². The lowest BCUT2D eigenvalue weighted by atomic mass is 10.2. The van der Waals surface area contributed by atoms with Crippen LogP contribution in [0.15, 0.2) is 42.7 Å². The highest BCUT2D eigenvalue weighted by Gasteiger charge is 2.32. The van der Waals surface area contributed by atoms with Crippen molar-refractivity contribution in [3.63, 3.8) is 0 Å². The Morgan fingerprint density at radius 2 is 1.74 bits per heavy atom. The van der Waals surface area contributed by atoms with E-state index in [1.165, 1.54) is 9.08 Å². The van der Waals surface area contributed by atoms with Gasteiger partial charge in [0.1, 0.15) is 5.82 Å². The number of fused-ring (bicyclic) bond motifs is 1. The zero-order valence-electron chi connectivity index (χ0n) is 15.1. The molecule has 2 atom stereocenters. The van der Waals surface area contributed by atoms with E-state index in [2.05, 4.69) is 20.1 Å². The summed E-state index contributed by atoms with van der Waals surface area (Å²) in [5.74, 6) is -0.224. The van der Waals surface area contributed by atoms with Crippen molar-refractivity contribution in [2.45, 2.75) is 26.2 Å². The fraction of sp³-hybridized carbons (Fsp3) is 0.263. The molecule has 3 heterocycles. The molecule has 27 heavy (non-hydrogen) atoms. The number of benzene rings is 1. The average molecular weight is 368 g/mol. The van der Waals surface area contributed by atoms with Crippen molar-refractivity contribution in [1.82, 2.24) is 29.1 Å². The molecule has 6 nitrogen and oxygen atoms in total. The second-order valence-corrected chi connectivity index (χ2v) is 6.46. The fourth-order valence-corrected chi connectivity index (χ4v) is 2.97. The maximum absolute atomic E-state index is 15.0. The Bertz CT molecular complexity index is 1060. The zero-order valence-corrected chi connectivity index (χ0v) is 15.1. The van der Waals surface area contributed by atoms with Crippen molar-refractivity contribution < 1.29 is 8.78 Å². The predicted octanol–water partition coefficient (Wildman–Crippen LogP) is 3.86. The fourth-order valence-electron chi connectivity index (χ4n) is 2.97. The normalized spacial score (nSPS) is 13.8. The number of alkyl halides is 2. The molecule has 0 amide bonds. The molecule has 0 fully saturated rings. The molecular formula is C19H18F2N6. The van der Waals surface area contributed by atoms with E-state index in [9.17, 15) is 8.78 Å². The van der Waals surface area contributed by atoms with Crippen LogP contribution in [-0.2, 0) is 7.05 Å². The summed E-state index contributed by atoms with van der Waals surface area (Å²) in [6, 6.07) is 9.36. The third kappa shape index (κ3) is 2.97. The minimum atomic E-state index is -2.03. The maximum Gasteiger partial charge on any atom is 0.199 e. The van der Waals surface area contributed by atoms with Crippen LogP contribution >= 0.6 is 0 Å². The summed E-state index contributed by atoms with van der Waals surface area (Å²) in [5.41, 5.74) is 3.14. The molecule has 0 N–H and O–H groups in total. The first-order chi connectivity index (χ1) is 13.0. The molecular weight excluding hydrogens is 350 g/mol. The SMILES string of the molecule is Cc1ncc(C)n2nc(C(F)C(F)c3nc(-c4ccccc4)cn3C)nc12. The zero-order chi connectivity index (χ0) is 19.1. The van der Waals surface area contributed by atoms with Gasteiger partial charge >= 0.3 is 0 Å². The summed E-state index contributed by atoms with van der Waals surface area (Å²) in [6.07, 6.45) is -0.725. The van der Waals surface area contributed by atoms with E-state index in [0.717, 1.165) is 5.56 Å². The monoisotopic (exact) mass is 368 g/mol. The van der Waals surface area contributed by atoms with Crippen LogP contribution in [0.1, 0.15) is 35.4 Å². The Hall–Kier alpha value is -3.16. The number of aromatic nitrogens is 6. The lowest BCUT2D eigenvalue weighted by Gasteiger charge is -2.10. The van der Waals surface area contributed by atoms with Gasteiger partial charge in [0.2, 0.25) is 0 Å². The minimum Gasteiger partial charge on any atom is -0.335 e. The molecule has 2 unspecified atom stereocenters. The molecule has 0 radical (unpaired) electrons. The molecule has 3 aromatic heterocycles. The lowest BCUT2D eigenvalue weighted by molar-refractivity contribution is 0.151. The van der Waals surface area contributed by atoms with Gasteiger partial charge in [0.05, 0.1) is 17.1 Å². The van der Waals surface area contributed by atoms with Crippen molar-refractivity contribution in [3.05, 3.63) is 65.8 Å². The first-order valence-electron chi connectivity index (χ1n) is 8.51. The molecule has 8 heteroatoms. The van der Waals surface area contributed by atoms with Crippen LogP contribution in [0.25, 0.3) is 16.9 Å². The second kappa shape index (κ2) is 6.53. The van der Waals surface area contributed by atoms with Crippen molar-refractivity contribution in [2.24, 2.45) is 7.05 Å². The smallest absolute Gasteiger partial charge is 0.199 e. The van der Waals surface area contributed by atoms with Gasteiger partial charge in [-0.05, 0) is 13.8 Å². The van der Waals surface area contributed by atoms with E-state index < -0.39 is 12.3 Å². The second-order valence-electron chi connectivity index (χ2n) is 6.46. The van der Waals surface area contributed by atoms with E-state index in [0.29, 0.717) is 22.7 Å². The summed E-state index contributed by atoms with van der Waals surface area (Å²) in [6.45, 7) is 3.53. The minimum absolute atomic E-state index is 0.00761. The van der Waals surface area contributed by atoms with Crippen LogP contribution in [0.3, 0.4) is 0 Å². The summed E-state index contributed by atoms with van der Waals surface area (Å²) in [4.78, 5) is 12.6. The van der Waals surface area contributed by atoms with Crippen LogP contribution in [0.2, 0.25) is 0 Å². The Morgan fingerprint density at radius 1 is 1.00 bits per heavy atom. The predicted molar refractivity (Wildman–Crippen MR) is 96.6 cm³/mol. The number of aryl methyl sites for hydroxylation is 3. The van der Waals surface area contributed by atoms with Crippen LogP contribution in [0.5, 0.6) is 0 Å². The van der Waals surface area contributed by atoms with Gasteiger partial charge in [-0.2, -0.15) is 0 Å². The van der Waals surface area contributed by atoms with Crippen LogP contribution in [-0.4, -0.2) is 29.1 Å². The first-order valence-corrected chi connectivity index (χ1v) is 8.51. The summed E-state index contributed by atoms with van der Waals surface area (Å²) < 4.78 is 32.9. The van der Waals surface area contributed by atoms with Gasteiger partial charge in [-0.25, -0.2) is 23.3 Å². The average Bonchev–Trinajstić information content (AvgIpc) is 3.29. The number of hydrogen-bond donors (Lipinski definition) is 0. The molecule has 1 aromatic carbocycles. The topological polar surface area (TPSA) is 60.9 Å². The highest BCUT2D eigenvalue weighted by molar-refractivity contribution is 5.58. The van der Waals surface area contributed by atoms with E-state index in [-0.39, 0.29) is 11.6 Å². The van der Waals surface area contributed by atoms with Crippen molar-refractivity contribution in [3.8, 4) is 11.3 Å². The number of nitrogens with zero attached hydrogens (tertiary/aromatic N) is 6. The first kappa shape index (κ1) is 17.3. The molecule has 0 aliphatic rings. The number of hydrogen-bond acceptors (Lipinski definition) is 4. The number of halogens is 2. The third-order valence-corrected chi connectivity index (χ3v) is 4.46. The van der Waals surface area contributed by atoms with Gasteiger partial charge < -0.3 is 4.57 Å². The van der Waals surface area contributed by atoms with Crippen molar-refractivity contribution >= 4 is 5.65 Å². The van der Waals surface area contributed by atoms with Crippen LogP contribution in [0, 0.1) is 13.8 Å². The number of imidazole rings is 1. The molecule has 0 bridgehead atoms. The van der Waals surface area contributed by atoms with Crippen molar-refractivity contribution in [1.29, 1.82) is 0 Å². The lowest BCUT2D eigenvalue weighted by Crippen LogP contribution is -2.09. The van der Waals surface area contributed by atoms with E-state index in [1.54, 1.807) is 33.3 Å². The van der Waals surface area contributed by atoms with E-state index in [1.807, 2.05) is 30.3 Å². The van der Waals surface area contributed by atoms with Gasteiger partial charge in [0.15, 0.2) is 23.8 Å². The number of rotatable bonds is 4. The van der Waals surface area contributed by atoms with E-state index in [4.69, 9.17) is 0 Å². The Labute approximate surface area is 154 Å². The van der Waals surface area contributed by atoms with Crippen LogP contribution < -0.4 is 0 Å². The highest BCUT2D eigenvalue weighted by atomic mass is 19.2. The Morgan fingerprint density at radius 3 is 2.44 bits per heavy atom. The highest BCUT2D eigenvalue weighted by Crippen LogP contribution is 2.34. The third-order valence-electron chi connectivity index (χ3n) is 4.46. The van der Waals surface area contributed by atoms with Gasteiger partial charge in [-0.1, -0.05) is 30.3 Å². The molecule has 0 aliphatic carbocycles. The molecule has 0 saturated carbocycles. The molecule has 4 aromatic rings. The molecule has 4 rings (SSSR count). The Kier molecular flexibility index (Phi) is 4.18.